The Morgan fingerprint density at radius 2 is 1.88 bits per heavy atom. The molecule has 1 unspecified atom stereocenters. The first kappa shape index (κ1) is 22.0. The van der Waals surface area contributed by atoms with Crippen LogP contribution >= 0.6 is 0 Å². The van der Waals surface area contributed by atoms with E-state index in [-0.39, 0.29) is 24.0 Å². The van der Waals surface area contributed by atoms with E-state index in [1.807, 2.05) is 31.2 Å². The van der Waals surface area contributed by atoms with Gasteiger partial charge in [-0.3, -0.25) is 4.79 Å². The molecular weight excluding hydrogens is 440 g/mol. The van der Waals surface area contributed by atoms with Crippen LogP contribution in [0.4, 0.5) is 8.78 Å². The molecule has 5 rings (SSSR count). The number of amides is 1. The average molecular weight is 463 g/mol. The van der Waals surface area contributed by atoms with Crippen molar-refractivity contribution in [3.8, 4) is 5.88 Å². The van der Waals surface area contributed by atoms with Gasteiger partial charge in [-0.05, 0) is 48.7 Å². The molecule has 1 amide bonds. The maximum absolute atomic E-state index is 14.0. The smallest absolute Gasteiger partial charge is 0.255 e. The van der Waals surface area contributed by atoms with Crippen molar-refractivity contribution in [1.29, 1.82) is 0 Å². The predicted octanol–water partition coefficient (Wildman–Crippen LogP) is 4.20. The van der Waals surface area contributed by atoms with Gasteiger partial charge >= 0.3 is 0 Å². The maximum atomic E-state index is 14.0. The zero-order valence-electron chi connectivity index (χ0n) is 18.7. The van der Waals surface area contributed by atoms with Gasteiger partial charge in [0.1, 0.15) is 18.2 Å². The van der Waals surface area contributed by atoms with E-state index in [4.69, 9.17) is 4.74 Å². The van der Waals surface area contributed by atoms with Gasteiger partial charge in [-0.25, -0.2) is 8.78 Å². The number of benzene rings is 2. The first-order chi connectivity index (χ1) is 16.3. The van der Waals surface area contributed by atoms with Crippen molar-refractivity contribution in [2.75, 3.05) is 0 Å². The minimum atomic E-state index is -0.722. The maximum Gasteiger partial charge on any atom is 0.255 e. The Labute approximate surface area is 194 Å². The molecule has 2 aromatic heterocycles. The van der Waals surface area contributed by atoms with Crippen molar-refractivity contribution < 1.29 is 23.4 Å². The molecule has 0 spiro atoms. The first-order valence-electron chi connectivity index (χ1n) is 11.0. The Bertz CT molecular complexity index is 1400. The molecule has 8 heteroatoms. The highest BCUT2D eigenvalue weighted by atomic mass is 19.1. The number of hydrogen-bond acceptors (Lipinski definition) is 4. The summed E-state index contributed by atoms with van der Waals surface area (Å²) in [6, 6.07) is 14.2. The number of hydrogen-bond donors (Lipinski definition) is 2. The van der Waals surface area contributed by atoms with Crippen LogP contribution in [0, 0.1) is 25.5 Å². The lowest BCUT2D eigenvalue weighted by atomic mass is 10.1. The van der Waals surface area contributed by atoms with Gasteiger partial charge in [0.15, 0.2) is 0 Å². The lowest BCUT2D eigenvalue weighted by molar-refractivity contribution is 0.0859. The van der Waals surface area contributed by atoms with E-state index in [2.05, 4.69) is 10.4 Å². The van der Waals surface area contributed by atoms with E-state index in [1.54, 1.807) is 19.1 Å². The van der Waals surface area contributed by atoms with Crippen LogP contribution in [-0.2, 0) is 13.0 Å². The van der Waals surface area contributed by atoms with Gasteiger partial charge < -0.3 is 15.2 Å². The van der Waals surface area contributed by atoms with E-state index >= 15 is 0 Å². The summed E-state index contributed by atoms with van der Waals surface area (Å²) in [5.41, 5.74) is 3.81. The molecule has 0 aliphatic heterocycles. The normalized spacial score (nSPS) is 17.1. The highest BCUT2D eigenvalue weighted by Gasteiger charge is 2.33. The molecule has 6 nitrogen and oxygen atoms in total. The average Bonchev–Trinajstić information content (AvgIpc) is 3.29. The Morgan fingerprint density at radius 1 is 1.15 bits per heavy atom. The van der Waals surface area contributed by atoms with Gasteiger partial charge in [0.05, 0.1) is 34.5 Å². The fourth-order valence-electron chi connectivity index (χ4n) is 4.52. The summed E-state index contributed by atoms with van der Waals surface area (Å²) in [5.74, 6) is -1.51. The number of aryl methyl sites for hydroxylation is 2. The topological polar surface area (TPSA) is 75.9 Å². The Morgan fingerprint density at radius 3 is 2.65 bits per heavy atom. The molecule has 4 aromatic rings. The van der Waals surface area contributed by atoms with Gasteiger partial charge in [-0.15, -0.1) is 0 Å². The summed E-state index contributed by atoms with van der Waals surface area (Å²) in [6.07, 6.45) is -0.252. The summed E-state index contributed by atoms with van der Waals surface area (Å²) in [6.45, 7) is 3.21. The van der Waals surface area contributed by atoms with E-state index in [9.17, 15) is 18.7 Å². The summed E-state index contributed by atoms with van der Waals surface area (Å²) in [5, 5.41) is 17.9. The van der Waals surface area contributed by atoms with Gasteiger partial charge in [-0.1, -0.05) is 30.3 Å². The number of rotatable bonds is 5. The van der Waals surface area contributed by atoms with Gasteiger partial charge in [0.25, 0.3) is 5.91 Å². The second-order valence-corrected chi connectivity index (χ2v) is 8.54. The van der Waals surface area contributed by atoms with E-state index in [1.165, 1.54) is 22.7 Å². The van der Waals surface area contributed by atoms with Crippen molar-refractivity contribution >= 4 is 11.4 Å². The van der Waals surface area contributed by atoms with Gasteiger partial charge in [-0.2, -0.15) is 9.61 Å². The van der Waals surface area contributed by atoms with Crippen molar-refractivity contribution in [3.63, 3.8) is 0 Å². The standard InChI is InChI=1S/C26H23F2N3O3/c1-14-10-21-24(26(33)29-25-17-7-4-3-6-16(17)12-22(25)32)15(2)30-31(21)23(11-14)34-13-18-19(27)8-5-9-20(18)28/h3-11,22,25,32H,12-13H2,1-2H3,(H,29,33)/t22-,25?/m1/s1. The zero-order valence-corrected chi connectivity index (χ0v) is 18.7. The number of aliphatic hydroxyl groups excluding tert-OH is 1. The summed E-state index contributed by atoms with van der Waals surface area (Å²) in [7, 11) is 0. The zero-order chi connectivity index (χ0) is 24.0. The number of halogens is 2. The predicted molar refractivity (Wildman–Crippen MR) is 122 cm³/mol. The molecule has 0 fully saturated rings. The lowest BCUT2D eigenvalue weighted by Crippen LogP contribution is -2.34. The molecule has 0 saturated heterocycles. The molecule has 0 bridgehead atoms. The Kier molecular flexibility index (Phi) is 5.53. The van der Waals surface area contributed by atoms with Crippen molar-refractivity contribution in [1.82, 2.24) is 14.9 Å². The van der Waals surface area contributed by atoms with Crippen molar-refractivity contribution in [3.05, 3.63) is 99.7 Å². The molecule has 2 heterocycles. The third-order valence-corrected chi connectivity index (χ3v) is 6.16. The van der Waals surface area contributed by atoms with Crippen LogP contribution < -0.4 is 10.1 Å². The number of nitrogens with one attached hydrogen (secondary N) is 1. The van der Waals surface area contributed by atoms with Crippen molar-refractivity contribution in [2.45, 2.75) is 39.0 Å². The molecule has 2 aromatic carbocycles. The van der Waals surface area contributed by atoms with Crippen LogP contribution in [0.3, 0.4) is 0 Å². The third kappa shape index (κ3) is 3.80. The number of ether oxygens (including phenoxy) is 1. The third-order valence-electron chi connectivity index (χ3n) is 6.16. The molecule has 1 aliphatic carbocycles. The van der Waals surface area contributed by atoms with E-state index < -0.39 is 23.8 Å². The van der Waals surface area contributed by atoms with Crippen molar-refractivity contribution in [2.24, 2.45) is 0 Å². The van der Waals surface area contributed by atoms with Gasteiger partial charge in [0.2, 0.25) is 5.88 Å². The van der Waals surface area contributed by atoms with Crippen LogP contribution in [0.1, 0.15) is 44.3 Å². The molecule has 34 heavy (non-hydrogen) atoms. The highest BCUT2D eigenvalue weighted by molar-refractivity contribution is 6.02. The summed E-state index contributed by atoms with van der Waals surface area (Å²) < 4.78 is 35.3. The molecule has 0 saturated carbocycles. The minimum Gasteiger partial charge on any atom is -0.473 e. The fraction of sp³-hybridized carbons (Fsp3) is 0.231. The Balaban J connectivity index is 1.47. The number of aromatic nitrogens is 2. The first-order valence-corrected chi connectivity index (χ1v) is 11.0. The SMILES string of the molecule is Cc1cc(OCc2c(F)cccc2F)n2nc(C)c(C(=O)NC3c4ccccc4C[C@H]3O)c2c1. The molecule has 174 valence electrons. The second kappa shape index (κ2) is 8.53. The van der Waals surface area contributed by atoms with Crippen LogP contribution in [0.5, 0.6) is 5.88 Å². The molecule has 2 N–H and O–H groups in total. The van der Waals surface area contributed by atoms with Crippen LogP contribution in [0.15, 0.2) is 54.6 Å². The molecule has 0 radical (unpaired) electrons. The van der Waals surface area contributed by atoms with E-state index in [0.717, 1.165) is 16.7 Å². The summed E-state index contributed by atoms with van der Waals surface area (Å²) >= 11 is 0. The van der Waals surface area contributed by atoms with Gasteiger partial charge in [0, 0.05) is 12.5 Å². The van der Waals surface area contributed by atoms with Crippen LogP contribution in [0.25, 0.3) is 5.52 Å². The largest absolute Gasteiger partial charge is 0.473 e. The van der Waals surface area contributed by atoms with Crippen LogP contribution in [-0.4, -0.2) is 26.7 Å². The number of carbonyl (C=O) groups is 1. The Hall–Kier alpha value is -3.78. The molecular formula is C26H23F2N3O3. The quantitative estimate of drug-likeness (QED) is 0.465. The monoisotopic (exact) mass is 463 g/mol. The van der Waals surface area contributed by atoms with E-state index in [0.29, 0.717) is 23.2 Å². The number of pyridine rings is 1. The minimum absolute atomic E-state index is 0.187. The number of fused-ring (bicyclic) bond motifs is 2. The fourth-order valence-corrected chi connectivity index (χ4v) is 4.52. The number of nitrogens with zero attached hydrogens (tertiary/aromatic N) is 2. The highest BCUT2D eigenvalue weighted by Crippen LogP contribution is 2.32. The number of carbonyl (C=O) groups excluding carboxylic acids is 1. The number of aliphatic hydroxyl groups is 1. The molecule has 1 aliphatic rings. The summed E-state index contributed by atoms with van der Waals surface area (Å²) in [4.78, 5) is 13.3. The van der Waals surface area contributed by atoms with Crippen LogP contribution in [0.2, 0.25) is 0 Å². The second-order valence-electron chi connectivity index (χ2n) is 8.54. The lowest BCUT2D eigenvalue weighted by Gasteiger charge is -2.18. The molecule has 2 atom stereocenters.